The highest BCUT2D eigenvalue weighted by Crippen LogP contribution is 2.23. The number of hydrogen-bond donors (Lipinski definition) is 0. The van der Waals surface area contributed by atoms with Crippen LogP contribution in [0.1, 0.15) is 85.0 Å². The zero-order valence-electron chi connectivity index (χ0n) is 14.5. The van der Waals surface area contributed by atoms with Crippen LogP contribution in [0.5, 0.6) is 0 Å². The summed E-state index contributed by atoms with van der Waals surface area (Å²) in [6.45, 7) is 7.79. The summed E-state index contributed by atoms with van der Waals surface area (Å²) in [5, 5.41) is 0. The molecule has 21 heavy (non-hydrogen) atoms. The number of unbranched alkanes of at least 4 members (excludes halogenated alkanes) is 6. The van der Waals surface area contributed by atoms with Crippen LogP contribution >= 0.6 is 11.6 Å². The maximum Gasteiger partial charge on any atom is 0.160 e. The van der Waals surface area contributed by atoms with Gasteiger partial charge < -0.3 is 9.47 Å². The molecule has 0 fully saturated rings. The lowest BCUT2D eigenvalue weighted by molar-refractivity contribution is -0.170. The van der Waals surface area contributed by atoms with Crippen LogP contribution < -0.4 is 0 Å². The Morgan fingerprint density at radius 2 is 1.24 bits per heavy atom. The van der Waals surface area contributed by atoms with Gasteiger partial charge in [-0.1, -0.05) is 51.9 Å². The number of hydrogen-bond acceptors (Lipinski definition) is 2. The molecule has 0 bridgehead atoms. The van der Waals surface area contributed by atoms with Gasteiger partial charge in [-0.05, 0) is 33.1 Å². The van der Waals surface area contributed by atoms with E-state index in [0.717, 1.165) is 31.9 Å². The van der Waals surface area contributed by atoms with Crippen molar-refractivity contribution in [3.05, 3.63) is 0 Å². The van der Waals surface area contributed by atoms with Crippen molar-refractivity contribution < 1.29 is 9.47 Å². The zero-order chi connectivity index (χ0) is 15.8. The van der Waals surface area contributed by atoms with Crippen molar-refractivity contribution in [2.24, 2.45) is 5.92 Å². The van der Waals surface area contributed by atoms with Gasteiger partial charge >= 0.3 is 0 Å². The van der Waals surface area contributed by atoms with E-state index >= 15 is 0 Å². The van der Waals surface area contributed by atoms with Gasteiger partial charge in [0.2, 0.25) is 0 Å². The van der Waals surface area contributed by atoms with Crippen molar-refractivity contribution in [2.45, 2.75) is 91.3 Å². The molecule has 0 rings (SSSR count). The topological polar surface area (TPSA) is 18.5 Å². The molecule has 128 valence electrons. The smallest absolute Gasteiger partial charge is 0.160 e. The van der Waals surface area contributed by atoms with E-state index in [4.69, 9.17) is 21.1 Å². The monoisotopic (exact) mass is 320 g/mol. The molecular formula is C18H37ClO2. The molecule has 2 nitrogen and oxygen atoms in total. The minimum Gasteiger partial charge on any atom is -0.353 e. The summed E-state index contributed by atoms with van der Waals surface area (Å²) in [5.41, 5.74) is 0. The standard InChI is InChI=1S/C18H37ClO2/c1-4-7-8-9-10-11-12-14-17(15-13-16-19)18(20-5-2)21-6-3/h17-18H,4-16H2,1-3H3. The molecule has 0 aliphatic carbocycles. The first-order valence-corrected chi connectivity index (χ1v) is 9.62. The van der Waals surface area contributed by atoms with E-state index in [1.807, 2.05) is 13.8 Å². The first-order chi connectivity index (χ1) is 10.3. The molecule has 0 saturated heterocycles. The molecule has 0 radical (unpaired) electrons. The lowest BCUT2D eigenvalue weighted by atomic mass is 9.95. The van der Waals surface area contributed by atoms with Gasteiger partial charge in [0, 0.05) is 25.0 Å². The second-order valence-corrected chi connectivity index (χ2v) is 6.16. The minimum atomic E-state index is -0.0386. The van der Waals surface area contributed by atoms with Crippen molar-refractivity contribution in [3.8, 4) is 0 Å². The van der Waals surface area contributed by atoms with E-state index in [9.17, 15) is 0 Å². The normalized spacial score (nSPS) is 13.0. The van der Waals surface area contributed by atoms with Gasteiger partial charge in [0.1, 0.15) is 0 Å². The van der Waals surface area contributed by atoms with Gasteiger partial charge in [0.15, 0.2) is 6.29 Å². The van der Waals surface area contributed by atoms with Crippen LogP contribution in [0.3, 0.4) is 0 Å². The van der Waals surface area contributed by atoms with Crippen molar-refractivity contribution in [2.75, 3.05) is 19.1 Å². The maximum absolute atomic E-state index is 5.86. The van der Waals surface area contributed by atoms with Crippen LogP contribution in [-0.2, 0) is 9.47 Å². The Morgan fingerprint density at radius 1 is 0.714 bits per heavy atom. The zero-order valence-corrected chi connectivity index (χ0v) is 15.3. The van der Waals surface area contributed by atoms with Gasteiger partial charge in [-0.2, -0.15) is 0 Å². The van der Waals surface area contributed by atoms with Crippen LogP contribution in [0.25, 0.3) is 0 Å². The second kappa shape index (κ2) is 16.6. The Kier molecular flexibility index (Phi) is 16.7. The Balaban J connectivity index is 3.97. The molecule has 0 amide bonds. The van der Waals surface area contributed by atoms with Crippen LogP contribution in [0, 0.1) is 5.92 Å². The van der Waals surface area contributed by atoms with Gasteiger partial charge in [-0.25, -0.2) is 0 Å². The van der Waals surface area contributed by atoms with E-state index in [1.165, 1.54) is 51.4 Å². The summed E-state index contributed by atoms with van der Waals surface area (Å²) in [5.74, 6) is 1.23. The lowest BCUT2D eigenvalue weighted by Gasteiger charge is -2.26. The lowest BCUT2D eigenvalue weighted by Crippen LogP contribution is -2.27. The predicted molar refractivity (Wildman–Crippen MR) is 93.1 cm³/mol. The SMILES string of the molecule is CCCCCCCCCC(CCCCl)C(OCC)OCC. The third kappa shape index (κ3) is 12.4. The molecule has 0 heterocycles. The average Bonchev–Trinajstić information content (AvgIpc) is 2.49. The van der Waals surface area contributed by atoms with E-state index < -0.39 is 0 Å². The van der Waals surface area contributed by atoms with E-state index in [1.54, 1.807) is 0 Å². The highest BCUT2D eigenvalue weighted by Gasteiger charge is 2.21. The Bertz CT molecular complexity index is 194. The highest BCUT2D eigenvalue weighted by molar-refractivity contribution is 6.17. The van der Waals surface area contributed by atoms with Gasteiger partial charge in [-0.3, -0.25) is 0 Å². The number of alkyl halides is 1. The maximum atomic E-state index is 5.86. The first-order valence-electron chi connectivity index (χ1n) is 9.09. The molecule has 0 aromatic rings. The Labute approximate surface area is 137 Å². The Morgan fingerprint density at radius 3 is 1.76 bits per heavy atom. The fourth-order valence-corrected chi connectivity index (χ4v) is 2.92. The van der Waals surface area contributed by atoms with Crippen LogP contribution in [0.15, 0.2) is 0 Å². The van der Waals surface area contributed by atoms with Crippen molar-refractivity contribution in [1.29, 1.82) is 0 Å². The number of rotatable bonds is 16. The Hall–Kier alpha value is 0.210. The number of ether oxygens (including phenoxy) is 2. The molecule has 0 spiro atoms. The molecule has 3 heteroatoms. The van der Waals surface area contributed by atoms with Crippen molar-refractivity contribution >= 4 is 11.6 Å². The fourth-order valence-electron chi connectivity index (χ4n) is 2.77. The minimum absolute atomic E-state index is 0.0386. The van der Waals surface area contributed by atoms with Gasteiger partial charge in [0.05, 0.1) is 0 Å². The molecular weight excluding hydrogens is 284 g/mol. The summed E-state index contributed by atoms with van der Waals surface area (Å²) < 4.78 is 11.6. The van der Waals surface area contributed by atoms with Gasteiger partial charge in [0.25, 0.3) is 0 Å². The molecule has 0 aromatic carbocycles. The predicted octanol–water partition coefficient (Wildman–Crippen LogP) is 6.16. The van der Waals surface area contributed by atoms with Gasteiger partial charge in [-0.15, -0.1) is 11.6 Å². The summed E-state index contributed by atoms with van der Waals surface area (Å²) in [6.07, 6.45) is 12.8. The van der Waals surface area contributed by atoms with E-state index in [-0.39, 0.29) is 6.29 Å². The summed E-state index contributed by atoms with van der Waals surface area (Å²) in [7, 11) is 0. The third-order valence-electron chi connectivity index (χ3n) is 3.93. The van der Waals surface area contributed by atoms with Crippen molar-refractivity contribution in [1.82, 2.24) is 0 Å². The van der Waals surface area contributed by atoms with Crippen LogP contribution in [0.4, 0.5) is 0 Å². The quantitative estimate of drug-likeness (QED) is 0.192. The first kappa shape index (κ1) is 21.2. The largest absolute Gasteiger partial charge is 0.353 e. The molecule has 0 aliphatic heterocycles. The second-order valence-electron chi connectivity index (χ2n) is 5.78. The molecule has 0 saturated carbocycles. The van der Waals surface area contributed by atoms with Crippen molar-refractivity contribution in [3.63, 3.8) is 0 Å². The average molecular weight is 321 g/mol. The third-order valence-corrected chi connectivity index (χ3v) is 4.20. The van der Waals surface area contributed by atoms with E-state index in [0.29, 0.717) is 5.92 Å². The summed E-state index contributed by atoms with van der Waals surface area (Å²) in [4.78, 5) is 0. The molecule has 1 unspecified atom stereocenters. The van der Waals surface area contributed by atoms with Crippen LogP contribution in [0.2, 0.25) is 0 Å². The molecule has 0 aliphatic rings. The summed E-state index contributed by atoms with van der Waals surface area (Å²) >= 11 is 5.86. The molecule has 0 N–H and O–H groups in total. The summed E-state index contributed by atoms with van der Waals surface area (Å²) in [6, 6.07) is 0. The van der Waals surface area contributed by atoms with E-state index in [2.05, 4.69) is 6.92 Å². The van der Waals surface area contributed by atoms with Crippen LogP contribution in [-0.4, -0.2) is 25.4 Å². The highest BCUT2D eigenvalue weighted by atomic mass is 35.5. The fraction of sp³-hybridized carbons (Fsp3) is 1.00. The number of halogens is 1. The molecule has 1 atom stereocenters. The molecule has 0 aromatic heterocycles.